The minimum Gasteiger partial charge on any atom is -0.481 e. The minimum atomic E-state index is -0.740. The van der Waals surface area contributed by atoms with Crippen LogP contribution in [0.2, 0.25) is 0 Å². The SMILES string of the molecule is CC(C)c1ccc(NCC(C(=O)O)C(C)C)cc1. The zero-order valence-electron chi connectivity index (χ0n) is 11.6. The lowest BCUT2D eigenvalue weighted by Crippen LogP contribution is -2.27. The molecule has 0 aromatic heterocycles. The molecule has 0 aliphatic rings. The van der Waals surface area contributed by atoms with Crippen LogP contribution in [0.4, 0.5) is 5.69 Å². The summed E-state index contributed by atoms with van der Waals surface area (Å²) in [7, 11) is 0. The average molecular weight is 249 g/mol. The molecule has 1 rings (SSSR count). The van der Waals surface area contributed by atoms with Crippen molar-refractivity contribution in [3.8, 4) is 0 Å². The number of carboxylic acids is 1. The molecular formula is C15H23NO2. The quantitative estimate of drug-likeness (QED) is 0.810. The van der Waals surface area contributed by atoms with Gasteiger partial charge in [0.25, 0.3) is 0 Å². The number of nitrogens with one attached hydrogen (secondary N) is 1. The second kappa shape index (κ2) is 6.43. The number of aliphatic carboxylic acids is 1. The van der Waals surface area contributed by atoms with Crippen molar-refractivity contribution in [1.82, 2.24) is 0 Å². The summed E-state index contributed by atoms with van der Waals surface area (Å²) in [5.41, 5.74) is 2.27. The van der Waals surface area contributed by atoms with Crippen LogP contribution in [-0.2, 0) is 4.79 Å². The Hall–Kier alpha value is -1.51. The molecular weight excluding hydrogens is 226 g/mol. The molecule has 0 spiro atoms. The summed E-state index contributed by atoms with van der Waals surface area (Å²) < 4.78 is 0. The summed E-state index contributed by atoms with van der Waals surface area (Å²) >= 11 is 0. The highest BCUT2D eigenvalue weighted by Gasteiger charge is 2.20. The molecule has 0 fully saturated rings. The smallest absolute Gasteiger partial charge is 0.308 e. The molecule has 0 saturated heterocycles. The molecule has 3 nitrogen and oxygen atoms in total. The Morgan fingerprint density at radius 3 is 2.11 bits per heavy atom. The third-order valence-corrected chi connectivity index (χ3v) is 3.23. The molecule has 0 amide bonds. The van der Waals surface area contributed by atoms with Gasteiger partial charge in [-0.1, -0.05) is 39.8 Å². The summed E-state index contributed by atoms with van der Waals surface area (Å²) in [6.45, 7) is 8.64. The van der Waals surface area contributed by atoms with Gasteiger partial charge < -0.3 is 10.4 Å². The maximum absolute atomic E-state index is 11.1. The van der Waals surface area contributed by atoms with Crippen LogP contribution in [0.3, 0.4) is 0 Å². The monoisotopic (exact) mass is 249 g/mol. The summed E-state index contributed by atoms with van der Waals surface area (Å²) in [5, 5.41) is 12.3. The van der Waals surface area contributed by atoms with Crippen molar-refractivity contribution in [3.63, 3.8) is 0 Å². The van der Waals surface area contributed by atoms with E-state index in [-0.39, 0.29) is 11.8 Å². The van der Waals surface area contributed by atoms with Crippen LogP contribution in [-0.4, -0.2) is 17.6 Å². The highest BCUT2D eigenvalue weighted by atomic mass is 16.4. The van der Waals surface area contributed by atoms with Gasteiger partial charge in [0, 0.05) is 12.2 Å². The Kier molecular flexibility index (Phi) is 5.20. The largest absolute Gasteiger partial charge is 0.481 e. The van der Waals surface area contributed by atoms with Crippen molar-refractivity contribution in [2.45, 2.75) is 33.6 Å². The van der Waals surface area contributed by atoms with Crippen LogP contribution >= 0.6 is 0 Å². The number of rotatable bonds is 6. The normalized spacial score (nSPS) is 12.8. The summed E-state index contributed by atoms with van der Waals surface area (Å²) in [5.74, 6) is -0.447. The third kappa shape index (κ3) is 4.06. The van der Waals surface area contributed by atoms with Gasteiger partial charge in [-0.15, -0.1) is 0 Å². The van der Waals surface area contributed by atoms with Crippen molar-refractivity contribution in [2.24, 2.45) is 11.8 Å². The Bertz CT molecular complexity index is 382. The van der Waals surface area contributed by atoms with Crippen LogP contribution < -0.4 is 5.32 Å². The van der Waals surface area contributed by atoms with Gasteiger partial charge in [0.05, 0.1) is 5.92 Å². The van der Waals surface area contributed by atoms with E-state index in [2.05, 4.69) is 31.3 Å². The Morgan fingerprint density at radius 2 is 1.72 bits per heavy atom. The fourth-order valence-corrected chi connectivity index (χ4v) is 1.82. The predicted molar refractivity (Wildman–Crippen MR) is 75.0 cm³/mol. The first kappa shape index (κ1) is 14.6. The van der Waals surface area contributed by atoms with E-state index in [0.717, 1.165) is 5.69 Å². The highest BCUT2D eigenvalue weighted by Crippen LogP contribution is 2.18. The van der Waals surface area contributed by atoms with E-state index in [9.17, 15) is 4.79 Å². The molecule has 0 radical (unpaired) electrons. The lowest BCUT2D eigenvalue weighted by atomic mass is 9.96. The average Bonchev–Trinajstić information content (AvgIpc) is 2.28. The van der Waals surface area contributed by atoms with E-state index < -0.39 is 5.97 Å². The first-order chi connectivity index (χ1) is 8.41. The molecule has 0 aliphatic heterocycles. The van der Waals surface area contributed by atoms with E-state index in [1.54, 1.807) is 0 Å². The third-order valence-electron chi connectivity index (χ3n) is 3.23. The standard InChI is InChI=1S/C15H23NO2/c1-10(2)12-5-7-13(8-6-12)16-9-14(11(3)4)15(17)18/h5-8,10-11,14,16H,9H2,1-4H3,(H,17,18). The predicted octanol–water partition coefficient (Wildman–Crippen LogP) is 3.58. The van der Waals surface area contributed by atoms with Crippen LogP contribution in [0.1, 0.15) is 39.2 Å². The van der Waals surface area contributed by atoms with Crippen molar-refractivity contribution in [1.29, 1.82) is 0 Å². The fraction of sp³-hybridized carbons (Fsp3) is 0.533. The van der Waals surface area contributed by atoms with Crippen molar-refractivity contribution < 1.29 is 9.90 Å². The molecule has 0 bridgehead atoms. The molecule has 1 aromatic carbocycles. The Balaban J connectivity index is 2.60. The van der Waals surface area contributed by atoms with Gasteiger partial charge >= 0.3 is 5.97 Å². The van der Waals surface area contributed by atoms with Crippen LogP contribution in [0.25, 0.3) is 0 Å². The molecule has 1 aromatic rings. The summed E-state index contributed by atoms with van der Waals surface area (Å²) in [6.07, 6.45) is 0. The van der Waals surface area contributed by atoms with E-state index in [1.807, 2.05) is 26.0 Å². The molecule has 0 heterocycles. The summed E-state index contributed by atoms with van der Waals surface area (Å²) in [6, 6.07) is 8.18. The molecule has 1 atom stereocenters. The van der Waals surface area contributed by atoms with E-state index in [1.165, 1.54) is 5.56 Å². The maximum Gasteiger partial charge on any atom is 0.308 e. The van der Waals surface area contributed by atoms with Gasteiger partial charge in [-0.25, -0.2) is 0 Å². The number of carboxylic acid groups (broad SMARTS) is 1. The topological polar surface area (TPSA) is 49.3 Å². The second-order valence-electron chi connectivity index (χ2n) is 5.35. The van der Waals surface area contributed by atoms with Gasteiger partial charge in [0.15, 0.2) is 0 Å². The highest BCUT2D eigenvalue weighted by molar-refractivity contribution is 5.71. The van der Waals surface area contributed by atoms with E-state index in [4.69, 9.17) is 5.11 Å². The lowest BCUT2D eigenvalue weighted by molar-refractivity contribution is -0.142. The molecule has 0 saturated carbocycles. The number of hydrogen-bond acceptors (Lipinski definition) is 2. The van der Waals surface area contributed by atoms with Gasteiger partial charge in [0.2, 0.25) is 0 Å². The van der Waals surface area contributed by atoms with Crippen molar-refractivity contribution in [3.05, 3.63) is 29.8 Å². The lowest BCUT2D eigenvalue weighted by Gasteiger charge is -2.17. The Morgan fingerprint density at radius 1 is 1.17 bits per heavy atom. The van der Waals surface area contributed by atoms with Crippen LogP contribution in [0.5, 0.6) is 0 Å². The zero-order valence-corrected chi connectivity index (χ0v) is 11.6. The first-order valence-corrected chi connectivity index (χ1v) is 6.48. The van der Waals surface area contributed by atoms with Crippen LogP contribution in [0, 0.1) is 11.8 Å². The summed E-state index contributed by atoms with van der Waals surface area (Å²) in [4.78, 5) is 11.1. The number of carbonyl (C=O) groups is 1. The van der Waals surface area contributed by atoms with Gasteiger partial charge in [-0.2, -0.15) is 0 Å². The minimum absolute atomic E-state index is 0.130. The second-order valence-corrected chi connectivity index (χ2v) is 5.35. The molecule has 100 valence electrons. The van der Waals surface area contributed by atoms with Crippen molar-refractivity contribution >= 4 is 11.7 Å². The zero-order chi connectivity index (χ0) is 13.7. The number of hydrogen-bond donors (Lipinski definition) is 2. The molecule has 3 heteroatoms. The molecule has 1 unspecified atom stereocenters. The first-order valence-electron chi connectivity index (χ1n) is 6.48. The Labute approximate surface area is 109 Å². The molecule has 0 aliphatic carbocycles. The van der Waals surface area contributed by atoms with Crippen LogP contribution in [0.15, 0.2) is 24.3 Å². The van der Waals surface area contributed by atoms with Gasteiger partial charge in [-0.3, -0.25) is 4.79 Å². The van der Waals surface area contributed by atoms with E-state index >= 15 is 0 Å². The van der Waals surface area contributed by atoms with Gasteiger partial charge in [-0.05, 0) is 29.5 Å². The molecule has 2 N–H and O–H groups in total. The molecule has 18 heavy (non-hydrogen) atoms. The van der Waals surface area contributed by atoms with E-state index in [0.29, 0.717) is 12.5 Å². The van der Waals surface area contributed by atoms with Gasteiger partial charge in [0.1, 0.15) is 0 Å². The number of anilines is 1. The maximum atomic E-state index is 11.1. The van der Waals surface area contributed by atoms with Crippen molar-refractivity contribution in [2.75, 3.05) is 11.9 Å². The number of benzene rings is 1. The fourth-order valence-electron chi connectivity index (χ4n) is 1.82.